The lowest BCUT2D eigenvalue weighted by atomic mass is 10.0. The van der Waals surface area contributed by atoms with Crippen LogP contribution < -0.4 is 4.72 Å². The number of aryl methyl sites for hydroxylation is 1. The predicted octanol–water partition coefficient (Wildman–Crippen LogP) is 2.80. The molecule has 0 bridgehead atoms. The van der Waals surface area contributed by atoms with E-state index in [1.54, 1.807) is 19.2 Å². The van der Waals surface area contributed by atoms with Gasteiger partial charge in [0.05, 0.1) is 11.9 Å². The van der Waals surface area contributed by atoms with Crippen LogP contribution in [0, 0.1) is 6.92 Å². The molecule has 22 heavy (non-hydrogen) atoms. The van der Waals surface area contributed by atoms with Crippen LogP contribution >= 0.6 is 0 Å². The van der Waals surface area contributed by atoms with Crippen LogP contribution in [-0.2, 0) is 20.5 Å². The average Bonchev–Trinajstić information content (AvgIpc) is 2.50. The smallest absolute Gasteiger partial charge is 0.215 e. The van der Waals surface area contributed by atoms with Gasteiger partial charge in [0.2, 0.25) is 10.0 Å². The number of sulfonamides is 1. The normalized spacial score (nSPS) is 13.0. The van der Waals surface area contributed by atoms with Crippen molar-refractivity contribution in [2.45, 2.75) is 18.8 Å². The lowest BCUT2D eigenvalue weighted by Gasteiger charge is -2.18. The first-order valence-electron chi connectivity index (χ1n) is 7.11. The van der Waals surface area contributed by atoms with E-state index in [1.807, 2.05) is 49.4 Å². The zero-order valence-electron chi connectivity index (χ0n) is 12.8. The Morgan fingerprint density at radius 1 is 1.05 bits per heavy atom. The molecule has 2 aromatic rings. The molecule has 0 heterocycles. The van der Waals surface area contributed by atoms with Crippen molar-refractivity contribution in [3.8, 4) is 0 Å². The highest BCUT2D eigenvalue weighted by Gasteiger charge is 2.17. The molecule has 0 saturated carbocycles. The minimum atomic E-state index is -3.39. The molecule has 2 aromatic carbocycles. The molecule has 1 atom stereocenters. The molecule has 2 rings (SSSR count). The first kappa shape index (κ1) is 16.7. The van der Waals surface area contributed by atoms with Crippen LogP contribution in [0.4, 0.5) is 0 Å². The molecule has 0 amide bonds. The average molecular weight is 319 g/mol. The van der Waals surface area contributed by atoms with E-state index in [2.05, 4.69) is 4.72 Å². The van der Waals surface area contributed by atoms with E-state index in [-0.39, 0.29) is 18.4 Å². The third-order valence-corrected chi connectivity index (χ3v) is 4.83. The number of ether oxygens (including phenoxy) is 1. The maximum absolute atomic E-state index is 12.2. The van der Waals surface area contributed by atoms with Gasteiger partial charge in [-0.1, -0.05) is 54.6 Å². The molecule has 0 saturated heterocycles. The minimum Gasteiger partial charge on any atom is -0.375 e. The Labute approximate surface area is 132 Å². The van der Waals surface area contributed by atoms with Crippen molar-refractivity contribution in [2.75, 3.05) is 13.7 Å². The van der Waals surface area contributed by atoms with E-state index in [0.717, 1.165) is 16.7 Å². The molecule has 5 heteroatoms. The van der Waals surface area contributed by atoms with Gasteiger partial charge >= 0.3 is 0 Å². The maximum atomic E-state index is 12.2. The fourth-order valence-electron chi connectivity index (χ4n) is 2.32. The van der Waals surface area contributed by atoms with E-state index in [4.69, 9.17) is 4.74 Å². The number of methoxy groups -OCH3 is 1. The van der Waals surface area contributed by atoms with Crippen LogP contribution in [0.25, 0.3) is 0 Å². The van der Waals surface area contributed by atoms with Gasteiger partial charge in [-0.15, -0.1) is 0 Å². The van der Waals surface area contributed by atoms with Crippen molar-refractivity contribution >= 4 is 10.0 Å². The third-order valence-electron chi connectivity index (χ3n) is 3.51. The summed E-state index contributed by atoms with van der Waals surface area (Å²) in [4.78, 5) is 0. The number of benzene rings is 2. The molecular weight excluding hydrogens is 298 g/mol. The molecule has 0 spiro atoms. The molecule has 118 valence electrons. The molecule has 0 aliphatic heterocycles. The minimum absolute atomic E-state index is 0.0297. The van der Waals surface area contributed by atoms with Crippen molar-refractivity contribution in [1.29, 1.82) is 0 Å². The Bertz CT molecular complexity index is 699. The summed E-state index contributed by atoms with van der Waals surface area (Å²) >= 11 is 0. The van der Waals surface area contributed by atoms with E-state index < -0.39 is 10.0 Å². The van der Waals surface area contributed by atoms with E-state index >= 15 is 0 Å². The lowest BCUT2D eigenvalue weighted by molar-refractivity contribution is 0.107. The topological polar surface area (TPSA) is 55.4 Å². The van der Waals surface area contributed by atoms with Crippen LogP contribution in [0.5, 0.6) is 0 Å². The van der Waals surface area contributed by atoms with Crippen molar-refractivity contribution in [3.05, 3.63) is 71.3 Å². The summed E-state index contributed by atoms with van der Waals surface area (Å²) < 4.78 is 32.4. The van der Waals surface area contributed by atoms with Gasteiger partial charge in [-0.25, -0.2) is 13.1 Å². The summed E-state index contributed by atoms with van der Waals surface area (Å²) in [6.07, 6.45) is -0.299. The molecule has 0 aromatic heterocycles. The number of rotatable bonds is 7. The van der Waals surface area contributed by atoms with E-state index in [0.29, 0.717) is 0 Å². The van der Waals surface area contributed by atoms with Gasteiger partial charge in [-0.2, -0.15) is 0 Å². The molecule has 4 nitrogen and oxygen atoms in total. The lowest BCUT2D eigenvalue weighted by Crippen LogP contribution is -2.30. The highest BCUT2D eigenvalue weighted by molar-refractivity contribution is 7.88. The second-order valence-corrected chi connectivity index (χ2v) is 6.98. The van der Waals surface area contributed by atoms with Gasteiger partial charge < -0.3 is 4.74 Å². The Hall–Kier alpha value is -1.69. The molecule has 0 fully saturated rings. The number of hydrogen-bond donors (Lipinski definition) is 1. The highest BCUT2D eigenvalue weighted by atomic mass is 32.2. The summed E-state index contributed by atoms with van der Waals surface area (Å²) in [5.74, 6) is -0.0297. The third kappa shape index (κ3) is 4.66. The van der Waals surface area contributed by atoms with Gasteiger partial charge in [0.1, 0.15) is 0 Å². The predicted molar refractivity (Wildman–Crippen MR) is 88.0 cm³/mol. The summed E-state index contributed by atoms with van der Waals surface area (Å²) in [6, 6.07) is 16.9. The van der Waals surface area contributed by atoms with Crippen LogP contribution in [-0.4, -0.2) is 22.1 Å². The van der Waals surface area contributed by atoms with Gasteiger partial charge in [0, 0.05) is 13.7 Å². The van der Waals surface area contributed by atoms with Crippen LogP contribution in [0.1, 0.15) is 22.8 Å². The molecule has 1 N–H and O–H groups in total. The zero-order valence-corrected chi connectivity index (χ0v) is 13.6. The second kappa shape index (κ2) is 7.54. The van der Waals surface area contributed by atoms with Crippen LogP contribution in [0.2, 0.25) is 0 Å². The van der Waals surface area contributed by atoms with Gasteiger partial charge in [0.15, 0.2) is 0 Å². The van der Waals surface area contributed by atoms with Crippen molar-refractivity contribution in [2.24, 2.45) is 0 Å². The number of nitrogens with one attached hydrogen (secondary N) is 1. The fourth-order valence-corrected chi connectivity index (χ4v) is 3.45. The summed E-state index contributed by atoms with van der Waals surface area (Å²) in [6.45, 7) is 2.20. The molecule has 0 aliphatic carbocycles. The van der Waals surface area contributed by atoms with Gasteiger partial charge in [-0.05, 0) is 23.6 Å². The quantitative estimate of drug-likeness (QED) is 0.854. The van der Waals surface area contributed by atoms with E-state index in [1.165, 1.54) is 0 Å². The standard InChI is InChI=1S/C17H21NO3S/c1-14-8-6-7-11-16(14)17(21-2)12-18-22(19,20)13-15-9-4-3-5-10-15/h3-11,17-18H,12-13H2,1-2H3. The van der Waals surface area contributed by atoms with Gasteiger partial charge in [-0.3, -0.25) is 0 Å². The first-order valence-corrected chi connectivity index (χ1v) is 8.76. The first-order chi connectivity index (χ1) is 10.5. The summed E-state index contributed by atoms with van der Waals surface area (Å²) in [5, 5.41) is 0. The number of hydrogen-bond acceptors (Lipinski definition) is 3. The van der Waals surface area contributed by atoms with Crippen molar-refractivity contribution in [3.63, 3.8) is 0 Å². The molecule has 1 unspecified atom stereocenters. The van der Waals surface area contributed by atoms with E-state index in [9.17, 15) is 8.42 Å². The van der Waals surface area contributed by atoms with Crippen molar-refractivity contribution in [1.82, 2.24) is 4.72 Å². The summed E-state index contributed by atoms with van der Waals surface area (Å²) in [7, 11) is -1.80. The SMILES string of the molecule is COC(CNS(=O)(=O)Cc1ccccc1)c1ccccc1C. The molecular formula is C17H21NO3S. The largest absolute Gasteiger partial charge is 0.375 e. The Morgan fingerprint density at radius 2 is 1.68 bits per heavy atom. The monoisotopic (exact) mass is 319 g/mol. The maximum Gasteiger partial charge on any atom is 0.215 e. The Balaban J connectivity index is 2.02. The van der Waals surface area contributed by atoms with Crippen molar-refractivity contribution < 1.29 is 13.2 Å². The van der Waals surface area contributed by atoms with Gasteiger partial charge in [0.25, 0.3) is 0 Å². The zero-order chi connectivity index (χ0) is 16.0. The molecule has 0 aliphatic rings. The molecule has 0 radical (unpaired) electrons. The summed E-state index contributed by atoms with van der Waals surface area (Å²) in [5.41, 5.74) is 2.84. The Morgan fingerprint density at radius 3 is 2.32 bits per heavy atom. The Kier molecular flexibility index (Phi) is 5.71. The highest BCUT2D eigenvalue weighted by Crippen LogP contribution is 2.20. The van der Waals surface area contributed by atoms with Crippen LogP contribution in [0.15, 0.2) is 54.6 Å². The van der Waals surface area contributed by atoms with Crippen LogP contribution in [0.3, 0.4) is 0 Å². The fraction of sp³-hybridized carbons (Fsp3) is 0.294. The second-order valence-electron chi connectivity index (χ2n) is 5.17.